The second-order valence-electron chi connectivity index (χ2n) is 4.92. The van der Waals surface area contributed by atoms with Gasteiger partial charge in [0.05, 0.1) is 7.11 Å². The fourth-order valence-corrected chi connectivity index (χ4v) is 2.17. The molecule has 25 heavy (non-hydrogen) atoms. The Balaban J connectivity index is 1.84. The molecule has 0 atom stereocenters. The standard InChI is InChI=1S/C16H13F2N3O4/c1-23-12-8-10(5-6-11(12)24-16(17)18)15-19-13(25-20-15)9-21-7-3-2-4-14(21)22/h2-8,16H,9H2,1H3. The van der Waals surface area contributed by atoms with Crippen LogP contribution in [0.3, 0.4) is 0 Å². The average Bonchev–Trinajstić information content (AvgIpc) is 3.05. The maximum Gasteiger partial charge on any atom is 0.387 e. The number of rotatable bonds is 6. The molecular weight excluding hydrogens is 336 g/mol. The number of methoxy groups -OCH3 is 1. The lowest BCUT2D eigenvalue weighted by Gasteiger charge is -2.10. The van der Waals surface area contributed by atoms with E-state index in [9.17, 15) is 13.6 Å². The molecule has 9 heteroatoms. The van der Waals surface area contributed by atoms with Crippen molar-refractivity contribution in [1.29, 1.82) is 0 Å². The number of aromatic nitrogens is 3. The van der Waals surface area contributed by atoms with E-state index in [1.54, 1.807) is 18.3 Å². The average molecular weight is 349 g/mol. The molecule has 0 saturated carbocycles. The molecule has 7 nitrogen and oxygen atoms in total. The highest BCUT2D eigenvalue weighted by atomic mass is 19.3. The minimum absolute atomic E-state index is 0.0965. The number of halogens is 2. The first-order valence-electron chi connectivity index (χ1n) is 7.18. The molecule has 0 aliphatic heterocycles. The van der Waals surface area contributed by atoms with Crippen LogP contribution in [-0.2, 0) is 6.54 Å². The summed E-state index contributed by atoms with van der Waals surface area (Å²) in [5.74, 6) is 0.486. The van der Waals surface area contributed by atoms with Crippen LogP contribution < -0.4 is 15.0 Å². The quantitative estimate of drug-likeness (QED) is 0.680. The van der Waals surface area contributed by atoms with Gasteiger partial charge < -0.3 is 18.6 Å². The molecule has 0 spiro atoms. The molecule has 3 aromatic rings. The molecule has 0 saturated heterocycles. The van der Waals surface area contributed by atoms with Crippen LogP contribution in [0.15, 0.2) is 51.9 Å². The SMILES string of the molecule is COc1cc(-c2noc(Cn3ccccc3=O)n2)ccc1OC(F)F. The van der Waals surface area contributed by atoms with E-state index in [0.717, 1.165) is 0 Å². The van der Waals surface area contributed by atoms with Crippen molar-refractivity contribution in [2.45, 2.75) is 13.2 Å². The maximum absolute atomic E-state index is 12.4. The lowest BCUT2D eigenvalue weighted by Crippen LogP contribution is -2.18. The summed E-state index contributed by atoms with van der Waals surface area (Å²) < 4.78 is 40.7. The van der Waals surface area contributed by atoms with Crippen molar-refractivity contribution >= 4 is 0 Å². The molecule has 0 radical (unpaired) electrons. The second kappa shape index (κ2) is 7.12. The van der Waals surface area contributed by atoms with Crippen molar-refractivity contribution in [3.63, 3.8) is 0 Å². The summed E-state index contributed by atoms with van der Waals surface area (Å²) in [6, 6.07) is 9.06. The molecule has 3 rings (SSSR count). The summed E-state index contributed by atoms with van der Waals surface area (Å²) in [4.78, 5) is 15.9. The van der Waals surface area contributed by atoms with E-state index in [1.165, 1.54) is 35.9 Å². The zero-order valence-electron chi connectivity index (χ0n) is 13.1. The Labute approximate surface area is 140 Å². The van der Waals surface area contributed by atoms with Gasteiger partial charge in [-0.3, -0.25) is 4.79 Å². The van der Waals surface area contributed by atoms with Gasteiger partial charge in [-0.2, -0.15) is 13.8 Å². The van der Waals surface area contributed by atoms with Gasteiger partial charge in [-0.05, 0) is 24.3 Å². The number of pyridine rings is 1. The van der Waals surface area contributed by atoms with Gasteiger partial charge in [0.2, 0.25) is 11.7 Å². The number of benzene rings is 1. The Morgan fingerprint density at radius 3 is 2.80 bits per heavy atom. The van der Waals surface area contributed by atoms with Gasteiger partial charge in [0.15, 0.2) is 11.5 Å². The fraction of sp³-hybridized carbons (Fsp3) is 0.188. The Morgan fingerprint density at radius 2 is 2.08 bits per heavy atom. The van der Waals surface area contributed by atoms with Crippen LogP contribution in [0.1, 0.15) is 5.89 Å². The van der Waals surface area contributed by atoms with Crippen molar-refractivity contribution in [3.8, 4) is 22.9 Å². The largest absolute Gasteiger partial charge is 0.493 e. The third-order valence-corrected chi connectivity index (χ3v) is 3.31. The van der Waals surface area contributed by atoms with Crippen LogP contribution in [0.5, 0.6) is 11.5 Å². The Bertz CT molecular complexity index is 923. The van der Waals surface area contributed by atoms with Gasteiger partial charge in [-0.15, -0.1) is 0 Å². The first-order chi connectivity index (χ1) is 12.1. The summed E-state index contributed by atoms with van der Waals surface area (Å²) in [6.07, 6.45) is 1.60. The predicted octanol–water partition coefficient (Wildman–Crippen LogP) is 2.56. The predicted molar refractivity (Wildman–Crippen MR) is 82.7 cm³/mol. The molecule has 2 aromatic heterocycles. The van der Waals surface area contributed by atoms with Gasteiger partial charge in [-0.25, -0.2) is 0 Å². The van der Waals surface area contributed by atoms with Crippen molar-refractivity contribution < 1.29 is 22.8 Å². The van der Waals surface area contributed by atoms with Crippen molar-refractivity contribution in [2.75, 3.05) is 7.11 Å². The van der Waals surface area contributed by atoms with E-state index in [-0.39, 0.29) is 35.3 Å². The van der Waals surface area contributed by atoms with Crippen LogP contribution in [0.25, 0.3) is 11.4 Å². The first kappa shape index (κ1) is 16.6. The molecule has 0 amide bonds. The maximum atomic E-state index is 12.4. The van der Waals surface area contributed by atoms with Crippen LogP contribution in [0.4, 0.5) is 8.78 Å². The van der Waals surface area contributed by atoms with Gasteiger partial charge in [-0.1, -0.05) is 11.2 Å². The molecule has 0 aliphatic carbocycles. The third kappa shape index (κ3) is 3.82. The van der Waals surface area contributed by atoms with E-state index < -0.39 is 6.61 Å². The summed E-state index contributed by atoms with van der Waals surface area (Å²) >= 11 is 0. The summed E-state index contributed by atoms with van der Waals surface area (Å²) in [5.41, 5.74) is 0.297. The van der Waals surface area contributed by atoms with E-state index in [0.29, 0.717) is 5.56 Å². The number of nitrogens with zero attached hydrogens (tertiary/aromatic N) is 3. The van der Waals surface area contributed by atoms with E-state index in [1.807, 2.05) is 0 Å². The number of alkyl halides is 2. The molecule has 0 fully saturated rings. The Kier molecular flexibility index (Phi) is 4.73. The molecule has 0 unspecified atom stereocenters. The van der Waals surface area contributed by atoms with E-state index >= 15 is 0 Å². The fourth-order valence-electron chi connectivity index (χ4n) is 2.17. The highest BCUT2D eigenvalue weighted by Gasteiger charge is 2.15. The van der Waals surface area contributed by atoms with Crippen molar-refractivity contribution in [3.05, 3.63) is 58.8 Å². The molecular formula is C16H13F2N3O4. The monoisotopic (exact) mass is 349 g/mol. The Hall–Kier alpha value is -3.23. The van der Waals surface area contributed by atoms with Gasteiger partial charge >= 0.3 is 6.61 Å². The lowest BCUT2D eigenvalue weighted by atomic mass is 10.2. The van der Waals surface area contributed by atoms with Crippen molar-refractivity contribution in [1.82, 2.24) is 14.7 Å². The third-order valence-electron chi connectivity index (χ3n) is 3.31. The normalized spacial score (nSPS) is 10.9. The number of ether oxygens (including phenoxy) is 2. The van der Waals surface area contributed by atoms with Crippen LogP contribution in [-0.4, -0.2) is 28.4 Å². The van der Waals surface area contributed by atoms with Crippen LogP contribution >= 0.6 is 0 Å². The minimum Gasteiger partial charge on any atom is -0.493 e. The van der Waals surface area contributed by atoms with Crippen LogP contribution in [0.2, 0.25) is 0 Å². The highest BCUT2D eigenvalue weighted by molar-refractivity contribution is 5.60. The van der Waals surface area contributed by atoms with Crippen LogP contribution in [0, 0.1) is 0 Å². The summed E-state index contributed by atoms with van der Waals surface area (Å²) in [7, 11) is 1.33. The molecule has 1 aromatic carbocycles. The number of hydrogen-bond acceptors (Lipinski definition) is 6. The second-order valence-corrected chi connectivity index (χ2v) is 4.92. The van der Waals surface area contributed by atoms with Gasteiger partial charge in [0.25, 0.3) is 5.56 Å². The molecule has 0 N–H and O–H groups in total. The Morgan fingerprint density at radius 1 is 1.24 bits per heavy atom. The highest BCUT2D eigenvalue weighted by Crippen LogP contribution is 2.32. The zero-order chi connectivity index (χ0) is 17.8. The van der Waals surface area contributed by atoms with E-state index in [4.69, 9.17) is 9.26 Å². The van der Waals surface area contributed by atoms with Gasteiger partial charge in [0.1, 0.15) is 6.54 Å². The smallest absolute Gasteiger partial charge is 0.387 e. The molecule has 0 aliphatic rings. The zero-order valence-corrected chi connectivity index (χ0v) is 13.1. The van der Waals surface area contributed by atoms with Gasteiger partial charge in [0, 0.05) is 17.8 Å². The van der Waals surface area contributed by atoms with E-state index in [2.05, 4.69) is 14.9 Å². The lowest BCUT2D eigenvalue weighted by molar-refractivity contribution is -0.0512. The molecule has 2 heterocycles. The minimum atomic E-state index is -2.96. The topological polar surface area (TPSA) is 79.4 Å². The molecule has 0 bridgehead atoms. The summed E-state index contributed by atoms with van der Waals surface area (Å²) in [6.45, 7) is -2.84. The molecule has 130 valence electrons. The summed E-state index contributed by atoms with van der Waals surface area (Å²) in [5, 5.41) is 3.83. The first-order valence-corrected chi connectivity index (χ1v) is 7.18. The number of hydrogen-bond donors (Lipinski definition) is 0. The van der Waals surface area contributed by atoms with Crippen molar-refractivity contribution in [2.24, 2.45) is 0 Å².